The van der Waals surface area contributed by atoms with Gasteiger partial charge in [0.15, 0.2) is 0 Å². The molecule has 0 aromatic carbocycles. The number of hydrogen-bond acceptors (Lipinski definition) is 7. The van der Waals surface area contributed by atoms with Crippen LogP contribution in [0.5, 0.6) is 0 Å². The second-order valence-electron chi connectivity index (χ2n) is 13.5. The standard InChI is InChI=1S/C23H38N6O4.C9H18/c1-19(20(30)27-23(18-24)8-3-4-9-23)25-21(29-13-16-32-17-14-29)26-22(31)33-15-7-12-28-10-5-2-6-11-28;1-8-4-6-9(2,3)7-5-8/h19H,2-17H2,1H3,(H,27,30)(H,25,26,31);8H,4-7H2,1-3H3/t19-;/m0./s1. The second kappa shape index (κ2) is 17.0. The summed E-state index contributed by atoms with van der Waals surface area (Å²) in [6, 6.07) is 1.51. The highest BCUT2D eigenvalue weighted by molar-refractivity contribution is 5.95. The van der Waals surface area contributed by atoms with E-state index in [4.69, 9.17) is 9.47 Å². The van der Waals surface area contributed by atoms with Crippen molar-refractivity contribution in [2.24, 2.45) is 16.3 Å². The average Bonchev–Trinajstić information content (AvgIpc) is 3.46. The van der Waals surface area contributed by atoms with Crippen molar-refractivity contribution in [1.82, 2.24) is 20.4 Å². The molecule has 0 aromatic heterocycles. The number of morpholine rings is 1. The minimum atomic E-state index is -0.805. The SMILES string of the molecule is CC1CCC(C)(C)CC1.C[C@H](N=C(NC(=O)OCCCN1CCCCC1)N1CCOCC1)C(=O)NC1(C#N)CCCC1. The van der Waals surface area contributed by atoms with Crippen LogP contribution in [0, 0.1) is 22.7 Å². The molecule has 42 heavy (non-hydrogen) atoms. The van der Waals surface area contributed by atoms with Crippen molar-refractivity contribution in [1.29, 1.82) is 5.26 Å². The van der Waals surface area contributed by atoms with Crippen LogP contribution in [-0.4, -0.2) is 91.9 Å². The Morgan fingerprint density at radius 1 is 1.02 bits per heavy atom. The molecule has 238 valence electrons. The maximum absolute atomic E-state index is 12.8. The number of nitrogens with zero attached hydrogens (tertiary/aromatic N) is 4. The van der Waals surface area contributed by atoms with Crippen molar-refractivity contribution in [3.63, 3.8) is 0 Å². The third kappa shape index (κ3) is 11.7. The van der Waals surface area contributed by atoms with Crippen molar-refractivity contribution < 1.29 is 19.1 Å². The van der Waals surface area contributed by atoms with Gasteiger partial charge in [-0.1, -0.05) is 40.0 Å². The van der Waals surface area contributed by atoms with E-state index >= 15 is 0 Å². The molecule has 2 aliphatic carbocycles. The Balaban J connectivity index is 0.000000458. The Kier molecular flexibility index (Phi) is 13.8. The number of hydrogen-bond donors (Lipinski definition) is 2. The number of rotatable bonds is 7. The molecule has 4 rings (SSSR count). The Bertz CT molecular complexity index is 904. The van der Waals surface area contributed by atoms with Gasteiger partial charge in [-0.3, -0.25) is 10.1 Å². The molecule has 0 bridgehead atoms. The first-order valence-electron chi connectivity index (χ1n) is 16.4. The van der Waals surface area contributed by atoms with Gasteiger partial charge in [0.1, 0.15) is 11.6 Å². The summed E-state index contributed by atoms with van der Waals surface area (Å²) in [7, 11) is 0. The van der Waals surface area contributed by atoms with Crippen LogP contribution in [0.3, 0.4) is 0 Å². The maximum Gasteiger partial charge on any atom is 0.413 e. The average molecular weight is 589 g/mol. The maximum atomic E-state index is 12.8. The zero-order valence-corrected chi connectivity index (χ0v) is 26.7. The van der Waals surface area contributed by atoms with Crippen molar-refractivity contribution in [2.75, 3.05) is 52.5 Å². The molecule has 2 heterocycles. The molecule has 2 aliphatic heterocycles. The lowest BCUT2D eigenvalue weighted by Crippen LogP contribution is -2.51. The summed E-state index contributed by atoms with van der Waals surface area (Å²) in [5.74, 6) is 0.985. The molecule has 0 spiro atoms. The van der Waals surface area contributed by atoms with Crippen LogP contribution >= 0.6 is 0 Å². The summed E-state index contributed by atoms with van der Waals surface area (Å²) in [4.78, 5) is 34.0. The van der Waals surface area contributed by atoms with E-state index < -0.39 is 17.7 Å². The van der Waals surface area contributed by atoms with Gasteiger partial charge >= 0.3 is 6.09 Å². The highest BCUT2D eigenvalue weighted by atomic mass is 16.5. The van der Waals surface area contributed by atoms with Crippen molar-refractivity contribution in [3.8, 4) is 6.07 Å². The van der Waals surface area contributed by atoms with Crippen molar-refractivity contribution in [2.45, 2.75) is 116 Å². The molecular weight excluding hydrogens is 532 g/mol. The number of piperidine rings is 1. The van der Waals surface area contributed by atoms with E-state index in [-0.39, 0.29) is 5.91 Å². The van der Waals surface area contributed by atoms with Gasteiger partial charge in [0.2, 0.25) is 11.9 Å². The third-order valence-electron chi connectivity index (χ3n) is 9.18. The van der Waals surface area contributed by atoms with E-state index in [1.165, 1.54) is 44.9 Å². The van der Waals surface area contributed by atoms with E-state index in [1.54, 1.807) is 6.92 Å². The highest BCUT2D eigenvalue weighted by Gasteiger charge is 2.36. The number of likely N-dealkylation sites (tertiary alicyclic amines) is 1. The highest BCUT2D eigenvalue weighted by Crippen LogP contribution is 2.37. The zero-order valence-electron chi connectivity index (χ0n) is 26.7. The summed E-state index contributed by atoms with van der Waals surface area (Å²) >= 11 is 0. The normalized spacial score (nSPS) is 23.6. The largest absolute Gasteiger partial charge is 0.449 e. The number of ether oxygens (including phenoxy) is 2. The van der Waals surface area contributed by atoms with Crippen molar-refractivity contribution in [3.05, 3.63) is 0 Å². The summed E-state index contributed by atoms with van der Waals surface area (Å²) in [6.07, 6.45) is 12.9. The van der Waals surface area contributed by atoms with Gasteiger partial charge < -0.3 is 24.6 Å². The number of carbonyl (C=O) groups is 2. The van der Waals surface area contributed by atoms with Crippen LogP contribution in [0.1, 0.15) is 105 Å². The summed E-state index contributed by atoms with van der Waals surface area (Å²) in [5.41, 5.74) is -0.146. The third-order valence-corrected chi connectivity index (χ3v) is 9.18. The van der Waals surface area contributed by atoms with Crippen LogP contribution in [0.2, 0.25) is 0 Å². The fraction of sp³-hybridized carbons (Fsp3) is 0.875. The minimum absolute atomic E-state index is 0.305. The molecule has 4 fully saturated rings. The fourth-order valence-corrected chi connectivity index (χ4v) is 6.10. The quantitative estimate of drug-likeness (QED) is 0.248. The first-order chi connectivity index (χ1) is 20.1. The molecular formula is C32H56N6O4. The lowest BCUT2D eigenvalue weighted by molar-refractivity contribution is -0.123. The number of nitriles is 1. The van der Waals surface area contributed by atoms with E-state index in [1.807, 2.05) is 4.90 Å². The van der Waals surface area contributed by atoms with Crippen LogP contribution in [-0.2, 0) is 14.3 Å². The molecule has 10 nitrogen and oxygen atoms in total. The minimum Gasteiger partial charge on any atom is -0.449 e. The van der Waals surface area contributed by atoms with Crippen LogP contribution < -0.4 is 10.6 Å². The molecule has 2 saturated carbocycles. The van der Waals surface area contributed by atoms with E-state index in [2.05, 4.69) is 47.4 Å². The van der Waals surface area contributed by atoms with Crippen molar-refractivity contribution >= 4 is 18.0 Å². The van der Waals surface area contributed by atoms with E-state index in [0.717, 1.165) is 44.8 Å². The molecule has 2 amide bonds. The molecule has 0 unspecified atom stereocenters. The predicted molar refractivity (Wildman–Crippen MR) is 165 cm³/mol. The molecule has 2 N–H and O–H groups in total. The van der Waals surface area contributed by atoms with Gasteiger partial charge in [-0.15, -0.1) is 0 Å². The molecule has 2 saturated heterocycles. The lowest BCUT2D eigenvalue weighted by atomic mass is 9.74. The fourth-order valence-electron chi connectivity index (χ4n) is 6.10. The van der Waals surface area contributed by atoms with Gasteiger partial charge in [0, 0.05) is 19.6 Å². The molecule has 1 atom stereocenters. The Labute approximate surface area is 253 Å². The van der Waals surface area contributed by atoms with Crippen LogP contribution in [0.4, 0.5) is 4.79 Å². The zero-order chi connectivity index (χ0) is 30.4. The number of alkyl carbamates (subject to hydrolysis) is 1. The first-order valence-corrected chi connectivity index (χ1v) is 16.4. The van der Waals surface area contributed by atoms with Gasteiger partial charge in [-0.05, 0) is 89.1 Å². The Morgan fingerprint density at radius 3 is 2.26 bits per heavy atom. The van der Waals surface area contributed by atoms with Gasteiger partial charge in [-0.2, -0.15) is 5.26 Å². The van der Waals surface area contributed by atoms with Crippen LogP contribution in [0.15, 0.2) is 4.99 Å². The van der Waals surface area contributed by atoms with E-state index in [0.29, 0.717) is 57.1 Å². The Hall–Kier alpha value is -2.38. The molecule has 10 heteroatoms. The lowest BCUT2D eigenvalue weighted by Gasteiger charge is -2.32. The van der Waals surface area contributed by atoms with Gasteiger partial charge in [0.25, 0.3) is 0 Å². The second-order valence-corrected chi connectivity index (χ2v) is 13.5. The molecule has 4 aliphatic rings. The summed E-state index contributed by atoms with van der Waals surface area (Å²) in [6.45, 7) is 14.5. The number of aliphatic imine (C=N–C) groups is 1. The van der Waals surface area contributed by atoms with E-state index in [9.17, 15) is 14.9 Å². The summed E-state index contributed by atoms with van der Waals surface area (Å²) < 4.78 is 10.8. The monoisotopic (exact) mass is 588 g/mol. The number of carbonyl (C=O) groups excluding carboxylic acids is 2. The molecule has 0 radical (unpaired) electrons. The predicted octanol–water partition coefficient (Wildman–Crippen LogP) is 4.84. The van der Waals surface area contributed by atoms with Gasteiger partial charge in [0.05, 0.1) is 25.9 Å². The number of amides is 2. The topological polar surface area (TPSA) is 119 Å². The summed E-state index contributed by atoms with van der Waals surface area (Å²) in [5, 5.41) is 15.1. The smallest absolute Gasteiger partial charge is 0.413 e. The van der Waals surface area contributed by atoms with Crippen LogP contribution in [0.25, 0.3) is 0 Å². The van der Waals surface area contributed by atoms with Gasteiger partial charge in [-0.25, -0.2) is 9.79 Å². The number of nitrogens with one attached hydrogen (secondary N) is 2. The first kappa shape index (κ1) is 34.1. The Morgan fingerprint density at radius 2 is 1.67 bits per heavy atom. The number of guanidine groups is 1. The molecule has 0 aromatic rings.